The summed E-state index contributed by atoms with van der Waals surface area (Å²) < 4.78 is 39.6. The topological polar surface area (TPSA) is 81.7 Å². The molecule has 0 saturated carbocycles. The summed E-state index contributed by atoms with van der Waals surface area (Å²) in [6.07, 6.45) is 0. The van der Waals surface area contributed by atoms with Gasteiger partial charge >= 0.3 is 0 Å². The summed E-state index contributed by atoms with van der Waals surface area (Å²) in [5.41, 5.74) is 3.30. The summed E-state index contributed by atoms with van der Waals surface area (Å²) in [7, 11) is -2.10. The minimum atomic E-state index is -4.62. The Kier molecular flexibility index (Phi) is 6.11. The first kappa shape index (κ1) is 21.9. The van der Waals surface area contributed by atoms with Crippen molar-refractivity contribution >= 4 is 33.6 Å². The molecule has 3 aromatic rings. The molecule has 0 amide bonds. The molecule has 5 nitrogen and oxygen atoms in total. The molecule has 0 spiro atoms. The third kappa shape index (κ3) is 4.79. The van der Waals surface area contributed by atoms with Crippen LogP contribution in [-0.4, -0.2) is 14.1 Å². The minimum absolute atomic E-state index is 0.471. The molecule has 4 rings (SSSR count). The molecule has 0 radical (unpaired) electrons. The molecular formula is C23H17Cl2NO4S. The highest BCUT2D eigenvalue weighted by Crippen LogP contribution is 2.39. The van der Waals surface area contributed by atoms with E-state index in [2.05, 4.69) is 11.8 Å². The molecule has 158 valence electrons. The standard InChI is InChI=1S/C23H17Cl2NO4S/c1-26(2)18-11-7-16(8-12-18)9-13-19-20-5-3-4-6-22(20)31(30-25(27,28)29)23-14-10-17(24)15-21(19)23/h3-8,10-12,14-15H,1-2H3. The maximum Gasteiger partial charge on any atom is 0.148 e. The number of hydrogen-bond acceptors (Lipinski definition) is 5. The summed E-state index contributed by atoms with van der Waals surface area (Å²) in [6, 6.07) is 20.0. The van der Waals surface area contributed by atoms with E-state index in [-0.39, 0.29) is 0 Å². The van der Waals surface area contributed by atoms with E-state index in [4.69, 9.17) is 15.3 Å². The molecule has 0 aliphatic carbocycles. The van der Waals surface area contributed by atoms with Gasteiger partial charge in [-0.25, -0.2) is 0 Å². The molecule has 0 N–H and O–H groups in total. The quantitative estimate of drug-likeness (QED) is 0.423. The molecule has 0 aromatic heterocycles. The Hall–Kier alpha value is -2.34. The van der Waals surface area contributed by atoms with Crippen LogP contribution in [0.5, 0.6) is 0 Å². The summed E-state index contributed by atoms with van der Waals surface area (Å²) in [4.78, 5) is 2.59. The molecule has 0 fully saturated rings. The van der Waals surface area contributed by atoms with Crippen molar-refractivity contribution < 1.29 is 28.0 Å². The lowest BCUT2D eigenvalue weighted by Gasteiger charge is -2.19. The van der Waals surface area contributed by atoms with Crippen LogP contribution in [0.1, 0.15) is 11.1 Å². The molecule has 1 heterocycles. The van der Waals surface area contributed by atoms with Gasteiger partial charge in [0.15, 0.2) is 0 Å². The second-order valence-electron chi connectivity index (χ2n) is 6.91. The Bertz CT molecular complexity index is 1340. The van der Waals surface area contributed by atoms with Crippen molar-refractivity contribution in [3.63, 3.8) is 0 Å². The number of nitrogens with zero attached hydrogens (tertiary/aromatic N) is 1. The first-order valence-corrected chi connectivity index (χ1v) is 11.9. The van der Waals surface area contributed by atoms with Gasteiger partial charge in [0, 0.05) is 46.7 Å². The van der Waals surface area contributed by atoms with Crippen molar-refractivity contribution in [1.29, 1.82) is 0 Å². The molecule has 3 aromatic carbocycles. The van der Waals surface area contributed by atoms with Gasteiger partial charge in [-0.3, -0.25) is 0 Å². The van der Waals surface area contributed by atoms with Crippen molar-refractivity contribution in [1.82, 2.24) is 0 Å². The van der Waals surface area contributed by atoms with Gasteiger partial charge < -0.3 is 4.90 Å². The lowest BCUT2D eigenvalue weighted by Crippen LogP contribution is -2.60. The predicted octanol–water partition coefficient (Wildman–Crippen LogP) is 1.38. The highest BCUT2D eigenvalue weighted by atomic mass is 35.7. The van der Waals surface area contributed by atoms with Crippen molar-refractivity contribution in [2.24, 2.45) is 0 Å². The van der Waals surface area contributed by atoms with E-state index < -0.39 is 21.0 Å². The fourth-order valence-electron chi connectivity index (χ4n) is 3.21. The van der Waals surface area contributed by atoms with Crippen molar-refractivity contribution in [2.75, 3.05) is 19.0 Å². The van der Waals surface area contributed by atoms with E-state index in [1.54, 1.807) is 30.3 Å². The number of rotatable bonds is 3. The molecular weight excluding hydrogens is 457 g/mol. The van der Waals surface area contributed by atoms with Crippen molar-refractivity contribution in [2.45, 2.75) is 4.90 Å². The van der Waals surface area contributed by atoms with Crippen LogP contribution in [0.15, 0.2) is 71.6 Å². The first-order valence-electron chi connectivity index (χ1n) is 9.14. The largest absolute Gasteiger partial charge is 0.378 e. The molecule has 31 heavy (non-hydrogen) atoms. The molecule has 0 bridgehead atoms. The van der Waals surface area contributed by atoms with Crippen LogP contribution < -0.4 is 24.1 Å². The van der Waals surface area contributed by atoms with Gasteiger partial charge in [-0.05, 0) is 48.5 Å². The maximum atomic E-state index is 11.4. The van der Waals surface area contributed by atoms with Crippen LogP contribution in [0.4, 0.5) is 5.69 Å². The average molecular weight is 474 g/mol. The highest BCUT2D eigenvalue weighted by molar-refractivity contribution is 8.05. The SMILES string of the molecule is CN(C)c1ccc(C#CC2=c3cc(Cl)ccc3=S(O[Cl+3]([O-])([O-])[O-])c3ccccc32)cc1. The van der Waals surface area contributed by atoms with Crippen LogP contribution in [0.2, 0.25) is 5.02 Å². The summed E-state index contributed by atoms with van der Waals surface area (Å²) in [5.74, 6) is 6.40. The third-order valence-corrected chi connectivity index (χ3v) is 7.49. The second-order valence-corrected chi connectivity index (χ2v) is 10.0. The zero-order chi connectivity index (χ0) is 22.2. The van der Waals surface area contributed by atoms with Crippen LogP contribution in [0.25, 0.3) is 5.57 Å². The zero-order valence-corrected chi connectivity index (χ0v) is 18.9. The lowest BCUT2D eigenvalue weighted by atomic mass is 10.0. The Morgan fingerprint density at radius 3 is 2.32 bits per heavy atom. The fourth-order valence-corrected chi connectivity index (χ4v) is 5.91. The van der Waals surface area contributed by atoms with Gasteiger partial charge in [-0.1, -0.05) is 41.6 Å². The number of halogens is 2. The highest BCUT2D eigenvalue weighted by Gasteiger charge is 2.29. The molecule has 8 heteroatoms. The average Bonchev–Trinajstić information content (AvgIpc) is 2.72. The van der Waals surface area contributed by atoms with E-state index in [1.807, 2.05) is 55.4 Å². The Balaban J connectivity index is 1.97. The number of anilines is 1. The van der Waals surface area contributed by atoms with Gasteiger partial charge in [-0.15, -0.1) is 0 Å². The second kappa shape index (κ2) is 8.65. The zero-order valence-electron chi connectivity index (χ0n) is 16.6. The monoisotopic (exact) mass is 473 g/mol. The smallest absolute Gasteiger partial charge is 0.148 e. The minimum Gasteiger partial charge on any atom is -0.378 e. The number of hydrogen-bond donors (Lipinski definition) is 0. The summed E-state index contributed by atoms with van der Waals surface area (Å²) in [5, 5.41) is 1.12. The number of benzene rings is 3. The lowest BCUT2D eigenvalue weighted by molar-refractivity contribution is -1.91. The van der Waals surface area contributed by atoms with E-state index >= 15 is 0 Å². The normalized spacial score (nSPS) is 14.9. The van der Waals surface area contributed by atoms with Crippen molar-refractivity contribution in [3.05, 3.63) is 92.6 Å². The Morgan fingerprint density at radius 1 is 0.935 bits per heavy atom. The van der Waals surface area contributed by atoms with E-state index in [1.165, 1.54) is 0 Å². The van der Waals surface area contributed by atoms with E-state index in [0.717, 1.165) is 11.3 Å². The van der Waals surface area contributed by atoms with Crippen LogP contribution >= 0.6 is 22.4 Å². The van der Waals surface area contributed by atoms with Crippen molar-refractivity contribution in [3.8, 4) is 11.8 Å². The van der Waals surface area contributed by atoms with Gasteiger partial charge in [0.2, 0.25) is 0 Å². The predicted molar refractivity (Wildman–Crippen MR) is 113 cm³/mol. The van der Waals surface area contributed by atoms with Crippen LogP contribution in [0, 0.1) is 26.6 Å². The first-order chi connectivity index (χ1) is 14.7. The van der Waals surface area contributed by atoms with Gasteiger partial charge in [0.05, 0.1) is 19.6 Å². The molecule has 1 unspecified atom stereocenters. The Morgan fingerprint density at radius 2 is 1.65 bits per heavy atom. The molecule has 1 atom stereocenters. The summed E-state index contributed by atoms with van der Waals surface area (Å²) >= 11 is 6.23. The van der Waals surface area contributed by atoms with Gasteiger partial charge in [0.25, 0.3) is 0 Å². The fraction of sp³-hybridized carbons (Fsp3) is 0.0870. The van der Waals surface area contributed by atoms with Crippen LogP contribution in [0.3, 0.4) is 0 Å². The van der Waals surface area contributed by atoms with Gasteiger partial charge in [0.1, 0.15) is 14.5 Å². The summed E-state index contributed by atoms with van der Waals surface area (Å²) in [6.45, 7) is 0. The molecule has 0 saturated heterocycles. The molecule has 1 aliphatic heterocycles. The van der Waals surface area contributed by atoms with E-state index in [0.29, 0.717) is 30.8 Å². The molecule has 1 aliphatic rings. The Labute approximate surface area is 189 Å². The van der Waals surface area contributed by atoms with E-state index in [9.17, 15) is 14.0 Å². The number of fused-ring (bicyclic) bond motifs is 2. The van der Waals surface area contributed by atoms with Gasteiger partial charge in [-0.2, -0.15) is 14.0 Å². The third-order valence-electron chi connectivity index (χ3n) is 4.62. The van der Waals surface area contributed by atoms with Crippen LogP contribution in [-0.2, 0) is 3.74 Å². The maximum absolute atomic E-state index is 11.4.